The van der Waals surface area contributed by atoms with Crippen LogP contribution in [0.15, 0.2) is 33.8 Å². The number of halogens is 1. The summed E-state index contributed by atoms with van der Waals surface area (Å²) in [5.41, 5.74) is 5.91. The van der Waals surface area contributed by atoms with Crippen molar-refractivity contribution in [2.45, 2.75) is 0 Å². The Kier molecular flexibility index (Phi) is 1.81. The Hall–Kier alpha value is -1.36. The molecule has 2 aromatic heterocycles. The molecule has 0 bridgehead atoms. The van der Waals surface area contributed by atoms with E-state index in [-0.39, 0.29) is 11.2 Å². The number of nitrogen functional groups attached to an aromatic ring is 1. The molecular formula is C8H6BrN3O. The van der Waals surface area contributed by atoms with Crippen LogP contribution in [0.4, 0.5) is 5.69 Å². The summed E-state index contributed by atoms with van der Waals surface area (Å²) >= 11 is 3.25. The van der Waals surface area contributed by atoms with Gasteiger partial charge in [-0.15, -0.1) is 0 Å². The van der Waals surface area contributed by atoms with Crippen molar-refractivity contribution < 1.29 is 0 Å². The highest BCUT2D eigenvalue weighted by Gasteiger charge is 2.02. The molecule has 0 atom stereocenters. The molecule has 0 fully saturated rings. The molecule has 2 N–H and O–H groups in total. The standard InChI is InChI=1S/C8H6BrN3O/c9-6-2-1-3-7-11-4-5(10)8(13)12(6)7/h1-4H,10H2. The Balaban J connectivity index is 3.06. The Bertz CT molecular complexity index is 520. The summed E-state index contributed by atoms with van der Waals surface area (Å²) in [5.74, 6) is 0. The molecule has 0 aliphatic rings. The molecule has 0 spiro atoms. The average molecular weight is 240 g/mol. The topological polar surface area (TPSA) is 60.4 Å². The van der Waals surface area contributed by atoms with Crippen molar-refractivity contribution >= 4 is 27.3 Å². The molecule has 0 radical (unpaired) electrons. The van der Waals surface area contributed by atoms with Gasteiger partial charge in [0, 0.05) is 0 Å². The molecule has 0 unspecified atom stereocenters. The van der Waals surface area contributed by atoms with E-state index in [1.54, 1.807) is 12.1 Å². The van der Waals surface area contributed by atoms with Crippen molar-refractivity contribution in [2.75, 3.05) is 5.73 Å². The summed E-state index contributed by atoms with van der Waals surface area (Å²) in [5, 5.41) is 0. The molecule has 0 aliphatic carbocycles. The molecule has 0 aromatic carbocycles. The van der Waals surface area contributed by atoms with Crippen molar-refractivity contribution in [3.63, 3.8) is 0 Å². The minimum Gasteiger partial charge on any atom is -0.393 e. The van der Waals surface area contributed by atoms with Crippen LogP contribution in [0.5, 0.6) is 0 Å². The molecule has 0 saturated heterocycles. The number of aromatic nitrogens is 2. The molecule has 2 heterocycles. The van der Waals surface area contributed by atoms with E-state index in [1.807, 2.05) is 6.07 Å². The zero-order valence-electron chi connectivity index (χ0n) is 6.57. The van der Waals surface area contributed by atoms with E-state index in [0.29, 0.717) is 10.3 Å². The zero-order chi connectivity index (χ0) is 9.42. The second-order valence-corrected chi connectivity index (χ2v) is 3.37. The quantitative estimate of drug-likeness (QED) is 0.700. The van der Waals surface area contributed by atoms with Crippen molar-refractivity contribution in [3.8, 4) is 0 Å². The number of rotatable bonds is 0. The first-order valence-electron chi connectivity index (χ1n) is 3.62. The van der Waals surface area contributed by atoms with E-state index in [4.69, 9.17) is 5.73 Å². The largest absolute Gasteiger partial charge is 0.393 e. The smallest absolute Gasteiger partial charge is 0.281 e. The van der Waals surface area contributed by atoms with Crippen LogP contribution in [0.1, 0.15) is 0 Å². The predicted molar refractivity (Wildman–Crippen MR) is 53.6 cm³/mol. The van der Waals surface area contributed by atoms with Crippen LogP contribution in [0.3, 0.4) is 0 Å². The van der Waals surface area contributed by atoms with Crippen molar-refractivity contribution in [3.05, 3.63) is 39.4 Å². The molecule has 2 rings (SSSR count). The summed E-state index contributed by atoms with van der Waals surface area (Å²) in [6, 6.07) is 5.31. The average Bonchev–Trinajstić information content (AvgIpc) is 2.12. The maximum atomic E-state index is 11.5. The van der Waals surface area contributed by atoms with Crippen LogP contribution in [0.2, 0.25) is 0 Å². The van der Waals surface area contributed by atoms with E-state index in [9.17, 15) is 4.79 Å². The lowest BCUT2D eigenvalue weighted by molar-refractivity contribution is 1.02. The lowest BCUT2D eigenvalue weighted by Crippen LogP contribution is -2.18. The number of fused-ring (bicyclic) bond motifs is 1. The molecule has 13 heavy (non-hydrogen) atoms. The van der Waals surface area contributed by atoms with Crippen LogP contribution < -0.4 is 11.3 Å². The zero-order valence-corrected chi connectivity index (χ0v) is 8.15. The SMILES string of the molecule is Nc1cnc2cccc(Br)n2c1=O. The van der Waals surface area contributed by atoms with Gasteiger partial charge < -0.3 is 5.73 Å². The monoisotopic (exact) mass is 239 g/mol. The first-order chi connectivity index (χ1) is 6.20. The molecular weight excluding hydrogens is 234 g/mol. The van der Waals surface area contributed by atoms with E-state index in [2.05, 4.69) is 20.9 Å². The van der Waals surface area contributed by atoms with Crippen LogP contribution in [0, 0.1) is 0 Å². The fourth-order valence-electron chi connectivity index (χ4n) is 1.09. The van der Waals surface area contributed by atoms with Gasteiger partial charge in [0.05, 0.1) is 10.8 Å². The third kappa shape index (κ3) is 1.21. The Labute approximate surface area is 82.1 Å². The number of nitrogens with zero attached hydrogens (tertiary/aromatic N) is 2. The van der Waals surface area contributed by atoms with E-state index < -0.39 is 0 Å². The van der Waals surface area contributed by atoms with Crippen molar-refractivity contribution in [2.24, 2.45) is 0 Å². The van der Waals surface area contributed by atoms with Gasteiger partial charge in [0.2, 0.25) is 0 Å². The maximum absolute atomic E-state index is 11.5. The highest BCUT2D eigenvalue weighted by Crippen LogP contribution is 2.09. The molecule has 0 amide bonds. The van der Waals surface area contributed by atoms with Gasteiger partial charge in [-0.2, -0.15) is 0 Å². The van der Waals surface area contributed by atoms with Gasteiger partial charge in [-0.3, -0.25) is 9.20 Å². The third-order valence-electron chi connectivity index (χ3n) is 1.71. The van der Waals surface area contributed by atoms with E-state index in [0.717, 1.165) is 0 Å². The fourth-order valence-corrected chi connectivity index (χ4v) is 1.59. The minimum atomic E-state index is -0.252. The number of hydrogen-bond donors (Lipinski definition) is 1. The number of anilines is 1. The molecule has 5 heteroatoms. The number of nitrogens with two attached hydrogens (primary N) is 1. The van der Waals surface area contributed by atoms with Crippen LogP contribution >= 0.6 is 15.9 Å². The summed E-state index contributed by atoms with van der Waals surface area (Å²) in [4.78, 5) is 15.5. The molecule has 4 nitrogen and oxygen atoms in total. The molecule has 66 valence electrons. The van der Waals surface area contributed by atoms with Crippen molar-refractivity contribution in [1.82, 2.24) is 9.38 Å². The maximum Gasteiger partial charge on any atom is 0.281 e. The lowest BCUT2D eigenvalue weighted by Gasteiger charge is -2.02. The lowest BCUT2D eigenvalue weighted by atomic mass is 10.4. The molecule has 0 aliphatic heterocycles. The highest BCUT2D eigenvalue weighted by atomic mass is 79.9. The second-order valence-electron chi connectivity index (χ2n) is 2.56. The Morgan fingerprint density at radius 1 is 1.46 bits per heavy atom. The summed E-state index contributed by atoms with van der Waals surface area (Å²) in [6.07, 6.45) is 1.37. The molecule has 0 saturated carbocycles. The predicted octanol–water partition coefficient (Wildman–Crippen LogP) is 1.04. The summed E-state index contributed by atoms with van der Waals surface area (Å²) in [6.45, 7) is 0. The number of pyridine rings is 1. The van der Waals surface area contributed by atoms with Gasteiger partial charge in [0.25, 0.3) is 5.56 Å². The van der Waals surface area contributed by atoms with Gasteiger partial charge >= 0.3 is 0 Å². The minimum absolute atomic E-state index is 0.143. The van der Waals surface area contributed by atoms with Gasteiger partial charge in [-0.1, -0.05) is 6.07 Å². The van der Waals surface area contributed by atoms with E-state index in [1.165, 1.54) is 10.6 Å². The van der Waals surface area contributed by atoms with Crippen molar-refractivity contribution in [1.29, 1.82) is 0 Å². The van der Waals surface area contributed by atoms with Crippen LogP contribution in [-0.4, -0.2) is 9.38 Å². The van der Waals surface area contributed by atoms with Gasteiger partial charge in [-0.05, 0) is 28.1 Å². The first kappa shape index (κ1) is 8.25. The van der Waals surface area contributed by atoms with Crippen LogP contribution in [-0.2, 0) is 0 Å². The summed E-state index contributed by atoms with van der Waals surface area (Å²) in [7, 11) is 0. The first-order valence-corrected chi connectivity index (χ1v) is 4.41. The second kappa shape index (κ2) is 2.85. The van der Waals surface area contributed by atoms with Gasteiger partial charge in [0.1, 0.15) is 11.3 Å². The summed E-state index contributed by atoms with van der Waals surface area (Å²) < 4.78 is 2.06. The third-order valence-corrected chi connectivity index (χ3v) is 2.33. The normalized spacial score (nSPS) is 10.5. The Morgan fingerprint density at radius 2 is 2.23 bits per heavy atom. The fraction of sp³-hybridized carbons (Fsp3) is 0. The highest BCUT2D eigenvalue weighted by molar-refractivity contribution is 9.10. The van der Waals surface area contributed by atoms with Gasteiger partial charge in [-0.25, -0.2) is 4.98 Å². The van der Waals surface area contributed by atoms with Crippen LogP contribution in [0.25, 0.3) is 5.65 Å². The molecule has 2 aromatic rings. The van der Waals surface area contributed by atoms with E-state index >= 15 is 0 Å². The Morgan fingerprint density at radius 3 is 3.00 bits per heavy atom. The van der Waals surface area contributed by atoms with Gasteiger partial charge in [0.15, 0.2) is 0 Å². The number of hydrogen-bond acceptors (Lipinski definition) is 3.